The molecule has 5 heteroatoms. The van der Waals surface area contributed by atoms with E-state index in [1.807, 2.05) is 24.3 Å². The van der Waals surface area contributed by atoms with Gasteiger partial charge in [0, 0.05) is 0 Å². The highest BCUT2D eigenvalue weighted by Gasteiger charge is 2.01. The molecule has 0 heterocycles. The van der Waals surface area contributed by atoms with Crippen LogP contribution >= 0.6 is 0 Å². The lowest BCUT2D eigenvalue weighted by molar-refractivity contribution is 0.0697. The van der Waals surface area contributed by atoms with Gasteiger partial charge in [-0.2, -0.15) is 10.2 Å². The average molecular weight is 411 g/mol. The fourth-order valence-corrected chi connectivity index (χ4v) is 3.17. The highest BCUT2D eigenvalue weighted by molar-refractivity contribution is 5.87. The molecule has 0 aromatic heterocycles. The first-order chi connectivity index (χ1) is 14.7. The van der Waals surface area contributed by atoms with Gasteiger partial charge in [-0.3, -0.25) is 0 Å². The van der Waals surface area contributed by atoms with E-state index in [2.05, 4.69) is 17.2 Å². The summed E-state index contributed by atoms with van der Waals surface area (Å²) in [5, 5.41) is 17.2. The molecule has 2 aromatic carbocycles. The van der Waals surface area contributed by atoms with E-state index in [1.54, 1.807) is 12.1 Å². The molecule has 0 spiro atoms. The van der Waals surface area contributed by atoms with Crippen molar-refractivity contribution in [2.75, 3.05) is 6.61 Å². The van der Waals surface area contributed by atoms with E-state index in [0.29, 0.717) is 5.69 Å². The number of ether oxygens (including phenoxy) is 1. The summed E-state index contributed by atoms with van der Waals surface area (Å²) in [4.78, 5) is 10.9. The number of carboxylic acid groups (broad SMARTS) is 1. The molecule has 0 radical (unpaired) electrons. The fraction of sp³-hybridized carbons (Fsp3) is 0.480. The van der Waals surface area contributed by atoms with E-state index < -0.39 is 5.97 Å². The van der Waals surface area contributed by atoms with Crippen LogP contribution in [-0.2, 0) is 0 Å². The summed E-state index contributed by atoms with van der Waals surface area (Å²) >= 11 is 0. The highest BCUT2D eigenvalue weighted by Crippen LogP contribution is 2.22. The van der Waals surface area contributed by atoms with Crippen molar-refractivity contribution in [3.8, 4) is 5.75 Å². The number of azo groups is 1. The Morgan fingerprint density at radius 2 is 1.20 bits per heavy atom. The molecule has 1 N–H and O–H groups in total. The predicted octanol–water partition coefficient (Wildman–Crippen LogP) is 8.10. The minimum Gasteiger partial charge on any atom is -0.494 e. The first-order valence-corrected chi connectivity index (χ1v) is 11.2. The Labute approximate surface area is 180 Å². The lowest BCUT2D eigenvalue weighted by atomic mass is 10.1. The Bertz CT molecular complexity index is 755. The van der Waals surface area contributed by atoms with Crippen molar-refractivity contribution in [2.45, 2.75) is 71.1 Å². The zero-order chi connectivity index (χ0) is 21.4. The largest absolute Gasteiger partial charge is 0.494 e. The van der Waals surface area contributed by atoms with Gasteiger partial charge in [-0.1, -0.05) is 64.7 Å². The van der Waals surface area contributed by atoms with Crippen LogP contribution in [0.25, 0.3) is 0 Å². The number of carbonyl (C=O) groups is 1. The highest BCUT2D eigenvalue weighted by atomic mass is 16.5. The quantitative estimate of drug-likeness (QED) is 0.238. The molecule has 5 nitrogen and oxygen atoms in total. The molecule has 0 aliphatic carbocycles. The van der Waals surface area contributed by atoms with Crippen LogP contribution in [0, 0.1) is 0 Å². The molecule has 0 saturated carbocycles. The van der Waals surface area contributed by atoms with Crippen molar-refractivity contribution in [3.05, 3.63) is 54.1 Å². The van der Waals surface area contributed by atoms with Gasteiger partial charge in [0.05, 0.1) is 23.5 Å². The molecule has 2 aromatic rings. The maximum absolute atomic E-state index is 10.9. The maximum Gasteiger partial charge on any atom is 0.335 e. The fourth-order valence-electron chi connectivity index (χ4n) is 3.17. The second-order valence-electron chi connectivity index (χ2n) is 7.58. The van der Waals surface area contributed by atoms with Crippen molar-refractivity contribution in [1.29, 1.82) is 0 Å². The van der Waals surface area contributed by atoms with Crippen molar-refractivity contribution >= 4 is 17.3 Å². The van der Waals surface area contributed by atoms with Gasteiger partial charge in [-0.25, -0.2) is 4.79 Å². The summed E-state index contributed by atoms with van der Waals surface area (Å²) in [6.45, 7) is 3.00. The topological polar surface area (TPSA) is 71.2 Å². The molecule has 0 aliphatic heterocycles. The Balaban J connectivity index is 1.59. The van der Waals surface area contributed by atoms with Gasteiger partial charge in [0.15, 0.2) is 0 Å². The van der Waals surface area contributed by atoms with E-state index >= 15 is 0 Å². The predicted molar refractivity (Wildman–Crippen MR) is 121 cm³/mol. The van der Waals surface area contributed by atoms with Crippen LogP contribution in [0.1, 0.15) is 81.5 Å². The molecule has 2 rings (SSSR count). The lowest BCUT2D eigenvalue weighted by Gasteiger charge is -2.06. The maximum atomic E-state index is 10.9. The van der Waals surface area contributed by atoms with E-state index in [9.17, 15) is 4.79 Å². The standard InChI is InChI=1S/C25H34N2O3/c1-2-3-4-5-6-7-8-9-10-11-20-30-24-18-16-23(17-19-24)27-26-22-14-12-21(13-15-22)25(28)29/h12-19H,2-11,20H2,1H3,(H,28,29). The Morgan fingerprint density at radius 1 is 0.733 bits per heavy atom. The van der Waals surface area contributed by atoms with E-state index in [-0.39, 0.29) is 5.56 Å². The molecule has 30 heavy (non-hydrogen) atoms. The number of carboxylic acids is 1. The van der Waals surface area contributed by atoms with Gasteiger partial charge in [0.1, 0.15) is 5.75 Å². The van der Waals surface area contributed by atoms with Crippen LogP contribution in [-0.4, -0.2) is 17.7 Å². The van der Waals surface area contributed by atoms with Gasteiger partial charge >= 0.3 is 5.97 Å². The Morgan fingerprint density at radius 3 is 1.70 bits per heavy atom. The second-order valence-corrected chi connectivity index (χ2v) is 7.58. The molecule has 0 bridgehead atoms. The first kappa shape index (κ1) is 23.6. The van der Waals surface area contributed by atoms with Gasteiger partial charge in [-0.15, -0.1) is 0 Å². The Kier molecular flexibility index (Phi) is 11.3. The number of hydrogen-bond donors (Lipinski definition) is 1. The van der Waals surface area contributed by atoms with Crippen LogP contribution in [0.3, 0.4) is 0 Å². The smallest absolute Gasteiger partial charge is 0.335 e. The zero-order valence-electron chi connectivity index (χ0n) is 18.1. The van der Waals surface area contributed by atoms with Crippen LogP contribution < -0.4 is 4.74 Å². The third-order valence-corrected chi connectivity index (χ3v) is 5.00. The van der Waals surface area contributed by atoms with Gasteiger partial charge < -0.3 is 9.84 Å². The zero-order valence-corrected chi connectivity index (χ0v) is 18.1. The minimum atomic E-state index is -0.952. The number of benzene rings is 2. The second kappa shape index (κ2) is 14.3. The summed E-state index contributed by atoms with van der Waals surface area (Å²) in [5.74, 6) is -0.109. The normalized spacial score (nSPS) is 11.1. The average Bonchev–Trinajstić information content (AvgIpc) is 2.77. The molecule has 0 saturated heterocycles. The molecule has 0 fully saturated rings. The minimum absolute atomic E-state index is 0.234. The molecule has 0 atom stereocenters. The van der Waals surface area contributed by atoms with Gasteiger partial charge in [-0.05, 0) is 55.0 Å². The Hall–Kier alpha value is -2.69. The number of rotatable bonds is 15. The van der Waals surface area contributed by atoms with Crippen molar-refractivity contribution in [3.63, 3.8) is 0 Å². The van der Waals surface area contributed by atoms with Crippen molar-refractivity contribution in [1.82, 2.24) is 0 Å². The van der Waals surface area contributed by atoms with E-state index in [4.69, 9.17) is 9.84 Å². The number of hydrogen-bond acceptors (Lipinski definition) is 4. The third kappa shape index (κ3) is 9.68. The summed E-state index contributed by atoms with van der Waals surface area (Å²) in [6.07, 6.45) is 13.2. The molecule has 0 amide bonds. The van der Waals surface area contributed by atoms with E-state index in [0.717, 1.165) is 24.5 Å². The molecule has 0 aliphatic rings. The number of aromatic carboxylic acids is 1. The molecule has 162 valence electrons. The number of nitrogens with zero attached hydrogens (tertiary/aromatic N) is 2. The summed E-state index contributed by atoms with van der Waals surface area (Å²) < 4.78 is 5.80. The van der Waals surface area contributed by atoms with Crippen LogP contribution in [0.4, 0.5) is 11.4 Å². The summed E-state index contributed by atoms with van der Waals surface area (Å²) in [5.41, 5.74) is 1.57. The molecular formula is C25H34N2O3. The summed E-state index contributed by atoms with van der Waals surface area (Å²) in [7, 11) is 0. The van der Waals surface area contributed by atoms with Crippen LogP contribution in [0.5, 0.6) is 5.75 Å². The van der Waals surface area contributed by atoms with Crippen molar-refractivity contribution in [2.24, 2.45) is 10.2 Å². The SMILES string of the molecule is CCCCCCCCCCCCOc1ccc(N=Nc2ccc(C(=O)O)cc2)cc1. The monoisotopic (exact) mass is 410 g/mol. The van der Waals surface area contributed by atoms with Crippen molar-refractivity contribution < 1.29 is 14.6 Å². The van der Waals surface area contributed by atoms with Gasteiger partial charge in [0.25, 0.3) is 0 Å². The lowest BCUT2D eigenvalue weighted by Crippen LogP contribution is -1.96. The summed E-state index contributed by atoms with van der Waals surface area (Å²) in [6, 6.07) is 13.8. The molecule has 0 unspecified atom stereocenters. The number of unbranched alkanes of at least 4 members (excludes halogenated alkanes) is 9. The first-order valence-electron chi connectivity index (χ1n) is 11.2. The van der Waals surface area contributed by atoms with Crippen LogP contribution in [0.15, 0.2) is 58.8 Å². The van der Waals surface area contributed by atoms with E-state index in [1.165, 1.54) is 69.9 Å². The molecular weight excluding hydrogens is 376 g/mol. The van der Waals surface area contributed by atoms with Crippen LogP contribution in [0.2, 0.25) is 0 Å². The van der Waals surface area contributed by atoms with Gasteiger partial charge in [0.2, 0.25) is 0 Å². The third-order valence-electron chi connectivity index (χ3n) is 5.00.